The van der Waals surface area contributed by atoms with Crippen molar-refractivity contribution in [2.45, 2.75) is 0 Å². The topological polar surface area (TPSA) is 149 Å². The molecule has 8 nitrogen and oxygen atoms in total. The fraction of sp³-hybridized carbons (Fsp3) is 0. The molecule has 0 aliphatic heterocycles. The Bertz CT molecular complexity index is 901. The van der Waals surface area contributed by atoms with Gasteiger partial charge in [-0.25, -0.2) is 19.2 Å². The number of carboxylic acids is 4. The Hall–Kier alpha value is -2.28. The first-order valence-electron chi connectivity index (χ1n) is 8.29. The van der Waals surface area contributed by atoms with Crippen LogP contribution < -0.4 is 0 Å². The van der Waals surface area contributed by atoms with E-state index in [1.165, 1.54) is 45.3 Å². The Labute approximate surface area is 231 Å². The van der Waals surface area contributed by atoms with E-state index < -0.39 is 23.9 Å². The predicted octanol–water partition coefficient (Wildman–Crippen LogP) is 5.78. The molecule has 4 heterocycles. The van der Waals surface area contributed by atoms with Crippen LogP contribution in [0.25, 0.3) is 0 Å². The third-order valence-corrected chi connectivity index (χ3v) is 6.36. The third-order valence-electron chi connectivity index (χ3n) is 2.93. The summed E-state index contributed by atoms with van der Waals surface area (Å²) in [7, 11) is 0. The maximum atomic E-state index is 10.1. The standard InChI is InChI=1S/4C5H4O2S.2Cu/c4*6-5(7)4-2-1-3-8-4;;/h4*1-3H,(H,6,7);;. The second kappa shape index (κ2) is 19.1. The minimum atomic E-state index is -0.847. The normalized spacial score (nSPS) is 8.47. The van der Waals surface area contributed by atoms with Gasteiger partial charge in [0.05, 0.1) is 0 Å². The maximum Gasteiger partial charge on any atom is 0.345 e. The molecule has 2 radical (unpaired) electrons. The molecule has 4 N–H and O–H groups in total. The third kappa shape index (κ3) is 14.1. The smallest absolute Gasteiger partial charge is 0.345 e. The largest absolute Gasteiger partial charge is 0.477 e. The van der Waals surface area contributed by atoms with E-state index in [2.05, 4.69) is 0 Å². The number of thiophene rings is 4. The van der Waals surface area contributed by atoms with Crippen molar-refractivity contribution in [3.05, 3.63) is 89.6 Å². The van der Waals surface area contributed by atoms with Gasteiger partial charge in [0.1, 0.15) is 19.5 Å². The van der Waals surface area contributed by atoms with Gasteiger partial charge in [-0.1, -0.05) is 24.3 Å². The Balaban J connectivity index is 0. The molecule has 34 heavy (non-hydrogen) atoms. The molecule has 4 aromatic rings. The van der Waals surface area contributed by atoms with Gasteiger partial charge in [-0.2, -0.15) is 0 Å². The van der Waals surface area contributed by atoms with Crippen LogP contribution in [-0.4, -0.2) is 44.3 Å². The number of carbonyl (C=O) groups is 4. The predicted molar refractivity (Wildman–Crippen MR) is 125 cm³/mol. The van der Waals surface area contributed by atoms with Gasteiger partial charge in [-0.3, -0.25) is 0 Å². The Morgan fingerprint density at radius 3 is 0.676 bits per heavy atom. The zero-order valence-electron chi connectivity index (χ0n) is 16.6. The van der Waals surface area contributed by atoms with Crippen LogP contribution in [0.2, 0.25) is 0 Å². The molecule has 4 rings (SSSR count). The Morgan fingerprint density at radius 2 is 0.618 bits per heavy atom. The van der Waals surface area contributed by atoms with E-state index >= 15 is 0 Å². The van der Waals surface area contributed by atoms with E-state index in [-0.39, 0.29) is 34.1 Å². The van der Waals surface area contributed by atoms with Gasteiger partial charge in [0.15, 0.2) is 0 Å². The average molecular weight is 640 g/mol. The Morgan fingerprint density at radius 1 is 0.441 bits per heavy atom. The summed E-state index contributed by atoms with van der Waals surface area (Å²) >= 11 is 4.93. The first kappa shape index (κ1) is 33.9. The molecule has 0 amide bonds. The summed E-state index contributed by atoms with van der Waals surface area (Å²) in [5.41, 5.74) is 0. The van der Waals surface area contributed by atoms with Crippen molar-refractivity contribution in [2.75, 3.05) is 0 Å². The molecular formula is C20H16Cu2O8S4. The van der Waals surface area contributed by atoms with Gasteiger partial charge in [-0.05, 0) is 45.8 Å². The minimum Gasteiger partial charge on any atom is -0.477 e. The van der Waals surface area contributed by atoms with Crippen molar-refractivity contribution < 1.29 is 73.7 Å². The molecule has 0 aliphatic carbocycles. The zero-order valence-corrected chi connectivity index (χ0v) is 21.7. The molecular weight excluding hydrogens is 624 g/mol. The molecule has 14 heteroatoms. The van der Waals surface area contributed by atoms with Gasteiger partial charge in [-0.15, -0.1) is 45.3 Å². The van der Waals surface area contributed by atoms with E-state index in [9.17, 15) is 19.2 Å². The SMILES string of the molecule is O=C(O)c1cccs1.O=C(O)c1cccs1.O=C(O)c1cccs1.O=C(O)c1cccs1.[Cu].[Cu]. The van der Waals surface area contributed by atoms with E-state index in [0.29, 0.717) is 19.5 Å². The number of carboxylic acid groups (broad SMARTS) is 4. The molecule has 4 aromatic heterocycles. The van der Waals surface area contributed by atoms with Crippen molar-refractivity contribution in [3.63, 3.8) is 0 Å². The van der Waals surface area contributed by atoms with Crippen molar-refractivity contribution in [3.8, 4) is 0 Å². The van der Waals surface area contributed by atoms with Crippen LogP contribution in [0.15, 0.2) is 70.1 Å². The van der Waals surface area contributed by atoms with Gasteiger partial charge in [0.25, 0.3) is 0 Å². The van der Waals surface area contributed by atoms with Crippen LogP contribution in [0.5, 0.6) is 0 Å². The van der Waals surface area contributed by atoms with Crippen molar-refractivity contribution in [1.29, 1.82) is 0 Å². The zero-order chi connectivity index (χ0) is 23.9. The van der Waals surface area contributed by atoms with Gasteiger partial charge < -0.3 is 20.4 Å². The molecule has 190 valence electrons. The fourth-order valence-electron chi connectivity index (χ4n) is 1.60. The average Bonchev–Trinajstić information content (AvgIpc) is 3.56. The first-order valence-corrected chi connectivity index (χ1v) is 11.8. The summed E-state index contributed by atoms with van der Waals surface area (Å²) in [5.74, 6) is -3.39. The van der Waals surface area contributed by atoms with Gasteiger partial charge in [0.2, 0.25) is 0 Å². The van der Waals surface area contributed by atoms with Crippen LogP contribution in [-0.2, 0) is 34.1 Å². The summed E-state index contributed by atoms with van der Waals surface area (Å²) in [4.78, 5) is 41.9. The summed E-state index contributed by atoms with van der Waals surface area (Å²) in [6, 6.07) is 13.2. The molecule has 0 bridgehead atoms. The number of aromatic carboxylic acids is 4. The monoisotopic (exact) mass is 638 g/mol. The van der Waals surface area contributed by atoms with Crippen LogP contribution in [0.4, 0.5) is 0 Å². The van der Waals surface area contributed by atoms with Gasteiger partial charge in [0, 0.05) is 34.1 Å². The molecule has 0 fully saturated rings. The molecule has 0 aromatic carbocycles. The molecule has 0 atom stereocenters. The van der Waals surface area contributed by atoms with Crippen molar-refractivity contribution in [2.24, 2.45) is 0 Å². The van der Waals surface area contributed by atoms with Crippen molar-refractivity contribution in [1.82, 2.24) is 0 Å². The summed E-state index contributed by atoms with van der Waals surface area (Å²) < 4.78 is 0. The van der Waals surface area contributed by atoms with E-state index in [0.717, 1.165) is 0 Å². The van der Waals surface area contributed by atoms with Crippen molar-refractivity contribution >= 4 is 69.2 Å². The second-order valence-electron chi connectivity index (χ2n) is 5.13. The first-order chi connectivity index (χ1) is 15.2. The summed E-state index contributed by atoms with van der Waals surface area (Å²) in [5, 5.41) is 40.1. The minimum absolute atomic E-state index is 0. The number of hydrogen-bond acceptors (Lipinski definition) is 8. The Kier molecular flexibility index (Phi) is 19.0. The molecule has 0 aliphatic rings. The molecule has 0 saturated heterocycles. The van der Waals surface area contributed by atoms with Crippen LogP contribution >= 0.6 is 45.3 Å². The molecule has 0 unspecified atom stereocenters. The molecule has 0 saturated carbocycles. The van der Waals surface area contributed by atoms with Crippen LogP contribution in [0, 0.1) is 0 Å². The number of rotatable bonds is 4. The maximum absolute atomic E-state index is 10.1. The summed E-state index contributed by atoms with van der Waals surface area (Å²) in [6.07, 6.45) is 0. The van der Waals surface area contributed by atoms with Gasteiger partial charge >= 0.3 is 23.9 Å². The molecule has 0 spiro atoms. The second-order valence-corrected chi connectivity index (χ2v) is 8.92. The fourth-order valence-corrected chi connectivity index (χ4v) is 3.85. The van der Waals surface area contributed by atoms with E-state index in [4.69, 9.17) is 20.4 Å². The summed E-state index contributed by atoms with van der Waals surface area (Å²) in [6.45, 7) is 0. The van der Waals surface area contributed by atoms with E-state index in [1.54, 1.807) is 70.1 Å². The van der Waals surface area contributed by atoms with Crippen LogP contribution in [0.3, 0.4) is 0 Å². The number of hydrogen-bond donors (Lipinski definition) is 4. The van der Waals surface area contributed by atoms with Crippen LogP contribution in [0.1, 0.15) is 38.7 Å². The quantitative estimate of drug-likeness (QED) is 0.205. The van der Waals surface area contributed by atoms with E-state index in [1.807, 2.05) is 0 Å².